The predicted molar refractivity (Wildman–Crippen MR) is 117 cm³/mol. The molecule has 0 amide bonds. The van der Waals surface area contributed by atoms with Gasteiger partial charge in [-0.3, -0.25) is 0 Å². The number of carbonyl (C=O) groups is 1. The predicted octanol–water partition coefficient (Wildman–Crippen LogP) is 5.41. The zero-order valence-electron chi connectivity index (χ0n) is 18.3. The number of benzene rings is 3. The monoisotopic (exact) mass is 469 g/mol. The molecule has 9 heteroatoms. The molecule has 0 saturated heterocycles. The fourth-order valence-electron chi connectivity index (χ4n) is 3.05. The lowest BCUT2D eigenvalue weighted by atomic mass is 10.0. The van der Waals surface area contributed by atoms with Crippen LogP contribution >= 0.6 is 0 Å². The Morgan fingerprint density at radius 2 is 1.47 bits per heavy atom. The minimum Gasteiger partial charge on any atom is -0.493 e. The van der Waals surface area contributed by atoms with Crippen LogP contribution in [-0.2, 0) is 0 Å². The molecule has 0 bridgehead atoms. The molecule has 0 radical (unpaired) electrons. The number of rotatable bonds is 7. The van der Waals surface area contributed by atoms with Gasteiger partial charge < -0.3 is 18.9 Å². The number of nitriles is 1. The summed E-state index contributed by atoms with van der Waals surface area (Å²) in [6.07, 6.45) is 1.57. The zero-order valence-corrected chi connectivity index (χ0v) is 18.3. The minimum absolute atomic E-state index is 0.0848. The Hall–Kier alpha value is -4.45. The van der Waals surface area contributed by atoms with E-state index in [-0.39, 0.29) is 11.5 Å². The molecule has 0 aliphatic heterocycles. The summed E-state index contributed by atoms with van der Waals surface area (Å²) in [5.74, 6) is -5.13. The molecule has 0 aromatic heterocycles. The van der Waals surface area contributed by atoms with E-state index in [2.05, 4.69) is 6.07 Å². The maximum absolute atomic E-state index is 13.9. The molecule has 34 heavy (non-hydrogen) atoms. The van der Waals surface area contributed by atoms with Gasteiger partial charge in [-0.15, -0.1) is 0 Å². The first-order chi connectivity index (χ1) is 16.3. The van der Waals surface area contributed by atoms with Gasteiger partial charge in [-0.1, -0.05) is 6.07 Å². The van der Waals surface area contributed by atoms with Crippen LogP contribution in [0.5, 0.6) is 23.0 Å². The molecule has 0 aliphatic carbocycles. The third-order valence-electron chi connectivity index (χ3n) is 4.77. The first-order valence-electron chi connectivity index (χ1n) is 9.70. The second kappa shape index (κ2) is 10.4. The molecular formula is C25H18F3NO5. The van der Waals surface area contributed by atoms with Crippen LogP contribution in [0.3, 0.4) is 0 Å². The molecule has 0 unspecified atom stereocenters. The first kappa shape index (κ1) is 24.2. The van der Waals surface area contributed by atoms with Gasteiger partial charge in [-0.25, -0.2) is 18.0 Å². The molecule has 3 aromatic rings. The molecule has 3 aromatic carbocycles. The van der Waals surface area contributed by atoms with E-state index in [1.54, 1.807) is 24.3 Å². The molecule has 0 saturated carbocycles. The van der Waals surface area contributed by atoms with Gasteiger partial charge >= 0.3 is 5.97 Å². The highest BCUT2D eigenvalue weighted by Crippen LogP contribution is 2.33. The summed E-state index contributed by atoms with van der Waals surface area (Å²) in [7, 11) is 4.30. The van der Waals surface area contributed by atoms with Crippen molar-refractivity contribution in [2.75, 3.05) is 21.3 Å². The number of ether oxygens (including phenoxy) is 4. The summed E-state index contributed by atoms with van der Waals surface area (Å²) in [5, 5.41) is 9.64. The SMILES string of the molecule is COc1ccc(/C(C#N)=C\c2ccc(OC(=O)c3ccc(F)c(F)c3F)c(OC)c2)cc1OC. The second-order valence-corrected chi connectivity index (χ2v) is 6.76. The summed E-state index contributed by atoms with van der Waals surface area (Å²) in [4.78, 5) is 12.3. The van der Waals surface area contributed by atoms with E-state index in [4.69, 9.17) is 18.9 Å². The van der Waals surface area contributed by atoms with Gasteiger partial charge in [0.05, 0.1) is 38.5 Å². The van der Waals surface area contributed by atoms with E-state index in [0.29, 0.717) is 34.3 Å². The molecule has 0 heterocycles. The molecule has 3 rings (SSSR count). The van der Waals surface area contributed by atoms with Crippen molar-refractivity contribution in [3.63, 3.8) is 0 Å². The topological polar surface area (TPSA) is 77.8 Å². The molecule has 174 valence electrons. The molecule has 0 aliphatic rings. The summed E-state index contributed by atoms with van der Waals surface area (Å²) >= 11 is 0. The zero-order chi connectivity index (χ0) is 24.8. The Morgan fingerprint density at radius 3 is 2.12 bits per heavy atom. The average Bonchev–Trinajstić information content (AvgIpc) is 2.86. The lowest BCUT2D eigenvalue weighted by molar-refractivity contribution is 0.0723. The summed E-state index contributed by atoms with van der Waals surface area (Å²) in [5.41, 5.74) is 0.632. The number of hydrogen-bond acceptors (Lipinski definition) is 6. The van der Waals surface area contributed by atoms with Crippen LogP contribution in [0.1, 0.15) is 21.5 Å². The van der Waals surface area contributed by atoms with Gasteiger partial charge in [0.25, 0.3) is 0 Å². The molecule has 0 fully saturated rings. The van der Waals surface area contributed by atoms with Gasteiger partial charge in [0, 0.05) is 0 Å². The van der Waals surface area contributed by atoms with Crippen molar-refractivity contribution in [1.82, 2.24) is 0 Å². The third-order valence-corrected chi connectivity index (χ3v) is 4.77. The van der Waals surface area contributed by atoms with Crippen LogP contribution in [0, 0.1) is 28.8 Å². The van der Waals surface area contributed by atoms with E-state index in [1.807, 2.05) is 0 Å². The Morgan fingerprint density at radius 1 is 0.824 bits per heavy atom. The van der Waals surface area contributed by atoms with E-state index >= 15 is 0 Å². The maximum Gasteiger partial charge on any atom is 0.346 e. The molecule has 0 atom stereocenters. The lowest BCUT2D eigenvalue weighted by Crippen LogP contribution is -2.13. The van der Waals surface area contributed by atoms with Crippen molar-refractivity contribution in [2.45, 2.75) is 0 Å². The van der Waals surface area contributed by atoms with Crippen molar-refractivity contribution in [3.05, 3.63) is 82.7 Å². The van der Waals surface area contributed by atoms with Crippen LogP contribution in [0.2, 0.25) is 0 Å². The average molecular weight is 469 g/mol. The van der Waals surface area contributed by atoms with Gasteiger partial charge in [0.2, 0.25) is 0 Å². The highest BCUT2D eigenvalue weighted by atomic mass is 19.2. The highest BCUT2D eigenvalue weighted by molar-refractivity contribution is 5.92. The lowest BCUT2D eigenvalue weighted by Gasteiger charge is -2.11. The van der Waals surface area contributed by atoms with E-state index < -0.39 is 29.0 Å². The minimum atomic E-state index is -1.78. The standard InChI is InChI=1S/C25H18F3NO5/c1-31-19-9-5-15(12-22(19)33-3)16(13-29)10-14-4-8-20(21(11-14)32-2)34-25(30)17-6-7-18(26)24(28)23(17)27/h4-12H,1-3H3/b16-10-. The van der Waals surface area contributed by atoms with Gasteiger partial charge in [0.15, 0.2) is 40.4 Å². The fourth-order valence-corrected chi connectivity index (χ4v) is 3.05. The fraction of sp³-hybridized carbons (Fsp3) is 0.120. The number of allylic oxidation sites excluding steroid dienone is 1. The van der Waals surface area contributed by atoms with Crippen LogP contribution in [0.25, 0.3) is 11.6 Å². The molecule has 0 N–H and O–H groups in total. The molecule has 0 spiro atoms. The Labute approximate surface area is 193 Å². The quantitative estimate of drug-likeness (QED) is 0.151. The van der Waals surface area contributed by atoms with Gasteiger partial charge in [-0.2, -0.15) is 5.26 Å². The molecular weight excluding hydrogens is 451 g/mol. The van der Waals surface area contributed by atoms with Gasteiger partial charge in [0.1, 0.15) is 0 Å². The number of nitrogens with zero attached hydrogens (tertiary/aromatic N) is 1. The van der Waals surface area contributed by atoms with Crippen molar-refractivity contribution in [1.29, 1.82) is 5.26 Å². The Balaban J connectivity index is 1.91. The van der Waals surface area contributed by atoms with Crippen LogP contribution < -0.4 is 18.9 Å². The molecule has 6 nitrogen and oxygen atoms in total. The normalized spacial score (nSPS) is 10.9. The highest BCUT2D eigenvalue weighted by Gasteiger charge is 2.21. The second-order valence-electron chi connectivity index (χ2n) is 6.76. The summed E-state index contributed by atoms with van der Waals surface area (Å²) < 4.78 is 61.3. The Kier molecular flexibility index (Phi) is 7.43. The van der Waals surface area contributed by atoms with Crippen molar-refractivity contribution in [2.24, 2.45) is 0 Å². The van der Waals surface area contributed by atoms with Crippen molar-refractivity contribution >= 4 is 17.6 Å². The van der Waals surface area contributed by atoms with Crippen molar-refractivity contribution < 1.29 is 36.9 Å². The van der Waals surface area contributed by atoms with E-state index in [9.17, 15) is 23.2 Å². The van der Waals surface area contributed by atoms with Crippen molar-refractivity contribution in [3.8, 4) is 29.1 Å². The number of carbonyl (C=O) groups excluding carboxylic acids is 1. The number of hydrogen-bond donors (Lipinski definition) is 0. The van der Waals surface area contributed by atoms with E-state index in [1.165, 1.54) is 39.5 Å². The summed E-state index contributed by atoms with van der Waals surface area (Å²) in [6.45, 7) is 0. The van der Waals surface area contributed by atoms with Crippen LogP contribution in [0.4, 0.5) is 13.2 Å². The summed E-state index contributed by atoms with van der Waals surface area (Å²) in [6, 6.07) is 12.9. The number of halogens is 3. The Bertz CT molecular complexity index is 1310. The van der Waals surface area contributed by atoms with Crippen LogP contribution in [-0.4, -0.2) is 27.3 Å². The van der Waals surface area contributed by atoms with Crippen LogP contribution in [0.15, 0.2) is 48.5 Å². The number of esters is 1. The smallest absolute Gasteiger partial charge is 0.346 e. The van der Waals surface area contributed by atoms with E-state index in [0.717, 1.165) is 6.07 Å². The first-order valence-corrected chi connectivity index (χ1v) is 9.70. The largest absolute Gasteiger partial charge is 0.493 e. The van der Waals surface area contributed by atoms with Gasteiger partial charge in [-0.05, 0) is 59.7 Å². The maximum atomic E-state index is 13.9. The third kappa shape index (κ3) is 4.96. The number of methoxy groups -OCH3 is 3.